The van der Waals surface area contributed by atoms with Crippen molar-refractivity contribution in [1.29, 1.82) is 0 Å². The third-order valence-corrected chi connectivity index (χ3v) is 5.33. The Bertz CT molecular complexity index is 953. The lowest BCUT2D eigenvalue weighted by Gasteiger charge is -2.33. The Labute approximate surface area is 172 Å². The zero-order chi connectivity index (χ0) is 19.9. The van der Waals surface area contributed by atoms with Crippen LogP contribution >= 0.6 is 0 Å². The van der Waals surface area contributed by atoms with Crippen LogP contribution in [-0.2, 0) is 5.41 Å². The molecular formula is C28H24O. The first-order valence-corrected chi connectivity index (χ1v) is 9.83. The van der Waals surface area contributed by atoms with Crippen LogP contribution in [0, 0.1) is 0 Å². The number of hydrogen-bond donors (Lipinski definition) is 0. The molecule has 0 bridgehead atoms. The van der Waals surface area contributed by atoms with Crippen LogP contribution in [0.1, 0.15) is 22.3 Å². The fraction of sp³-hybridized carbons (Fsp3) is 0.0714. The van der Waals surface area contributed by atoms with Gasteiger partial charge in [0.2, 0.25) is 0 Å². The normalized spacial score (nSPS) is 11.5. The van der Waals surface area contributed by atoms with Gasteiger partial charge < -0.3 is 4.74 Å². The van der Waals surface area contributed by atoms with Crippen LogP contribution in [0.5, 0.6) is 5.75 Å². The fourth-order valence-electron chi connectivity index (χ4n) is 3.83. The van der Waals surface area contributed by atoms with E-state index in [9.17, 15) is 0 Å². The Hall–Kier alpha value is -3.58. The Morgan fingerprint density at radius 2 is 0.966 bits per heavy atom. The lowest BCUT2D eigenvalue weighted by Crippen LogP contribution is -2.26. The smallest absolute Gasteiger partial charge is 0.118 e. The highest BCUT2D eigenvalue weighted by molar-refractivity contribution is 5.62. The number of benzene rings is 4. The Morgan fingerprint density at radius 3 is 1.34 bits per heavy atom. The van der Waals surface area contributed by atoms with E-state index in [1.54, 1.807) is 7.11 Å². The van der Waals surface area contributed by atoms with Crippen molar-refractivity contribution in [2.75, 3.05) is 7.11 Å². The SMILES string of the molecule is COc1ccc(C=CC(c2ccccc2)(c2ccccc2)c2ccccc2)cc1. The maximum atomic E-state index is 5.30. The summed E-state index contributed by atoms with van der Waals surface area (Å²) in [7, 11) is 1.69. The van der Waals surface area contributed by atoms with Gasteiger partial charge in [-0.15, -0.1) is 0 Å². The predicted molar refractivity (Wildman–Crippen MR) is 121 cm³/mol. The summed E-state index contributed by atoms with van der Waals surface area (Å²) in [5.41, 5.74) is 4.47. The molecule has 142 valence electrons. The van der Waals surface area contributed by atoms with Crippen molar-refractivity contribution in [3.63, 3.8) is 0 Å². The van der Waals surface area contributed by atoms with E-state index in [0.717, 1.165) is 11.3 Å². The van der Waals surface area contributed by atoms with Crippen molar-refractivity contribution in [3.05, 3.63) is 144 Å². The van der Waals surface area contributed by atoms with Gasteiger partial charge >= 0.3 is 0 Å². The van der Waals surface area contributed by atoms with Gasteiger partial charge in [0.05, 0.1) is 12.5 Å². The summed E-state index contributed by atoms with van der Waals surface area (Å²) in [6, 6.07) is 40.2. The minimum atomic E-state index is -0.385. The molecule has 0 aromatic heterocycles. The van der Waals surface area contributed by atoms with E-state index in [0.29, 0.717) is 0 Å². The molecule has 1 heteroatoms. The van der Waals surface area contributed by atoms with Crippen LogP contribution in [0.25, 0.3) is 6.08 Å². The number of allylic oxidation sites excluding steroid dienone is 1. The van der Waals surface area contributed by atoms with Gasteiger partial charge in [0.1, 0.15) is 5.75 Å². The monoisotopic (exact) mass is 376 g/mol. The second kappa shape index (κ2) is 8.62. The number of rotatable bonds is 6. The van der Waals surface area contributed by atoms with Crippen molar-refractivity contribution in [1.82, 2.24) is 0 Å². The van der Waals surface area contributed by atoms with Crippen molar-refractivity contribution in [3.8, 4) is 5.75 Å². The first kappa shape index (κ1) is 18.8. The van der Waals surface area contributed by atoms with Crippen LogP contribution in [-0.4, -0.2) is 7.11 Å². The molecule has 0 radical (unpaired) electrons. The molecule has 0 spiro atoms. The van der Waals surface area contributed by atoms with Crippen molar-refractivity contribution >= 4 is 6.08 Å². The molecule has 1 nitrogen and oxygen atoms in total. The van der Waals surface area contributed by atoms with Crippen LogP contribution in [0.3, 0.4) is 0 Å². The first-order chi connectivity index (χ1) is 14.3. The van der Waals surface area contributed by atoms with E-state index in [1.165, 1.54) is 16.7 Å². The predicted octanol–water partition coefficient (Wildman–Crippen LogP) is 6.74. The highest BCUT2D eigenvalue weighted by atomic mass is 16.5. The average molecular weight is 376 g/mol. The minimum Gasteiger partial charge on any atom is -0.497 e. The molecule has 4 rings (SSSR count). The van der Waals surface area contributed by atoms with Crippen molar-refractivity contribution in [2.45, 2.75) is 5.41 Å². The summed E-state index contributed by atoms with van der Waals surface area (Å²) in [4.78, 5) is 0. The van der Waals surface area contributed by atoms with Crippen LogP contribution < -0.4 is 4.74 Å². The van der Waals surface area contributed by atoms with Gasteiger partial charge in [-0.3, -0.25) is 0 Å². The summed E-state index contributed by atoms with van der Waals surface area (Å²) >= 11 is 0. The fourth-order valence-corrected chi connectivity index (χ4v) is 3.83. The third kappa shape index (κ3) is 3.86. The van der Waals surface area contributed by atoms with Gasteiger partial charge in [-0.05, 0) is 34.4 Å². The highest BCUT2D eigenvalue weighted by Crippen LogP contribution is 2.41. The maximum Gasteiger partial charge on any atom is 0.118 e. The molecule has 0 heterocycles. The van der Waals surface area contributed by atoms with Crippen molar-refractivity contribution in [2.24, 2.45) is 0 Å². The quantitative estimate of drug-likeness (QED) is 0.338. The van der Waals surface area contributed by atoms with Crippen LogP contribution in [0.2, 0.25) is 0 Å². The molecule has 0 aliphatic rings. The van der Waals surface area contributed by atoms with E-state index < -0.39 is 0 Å². The molecule has 0 N–H and O–H groups in total. The lowest BCUT2D eigenvalue weighted by molar-refractivity contribution is 0.415. The molecule has 0 aliphatic heterocycles. The molecule has 4 aromatic carbocycles. The molecule has 4 aromatic rings. The number of ether oxygens (including phenoxy) is 1. The van der Waals surface area contributed by atoms with E-state index in [1.807, 2.05) is 12.1 Å². The minimum absolute atomic E-state index is 0.385. The largest absolute Gasteiger partial charge is 0.497 e. The van der Waals surface area contributed by atoms with Gasteiger partial charge in [0.15, 0.2) is 0 Å². The zero-order valence-electron chi connectivity index (χ0n) is 16.5. The number of hydrogen-bond acceptors (Lipinski definition) is 1. The second-order valence-electron chi connectivity index (χ2n) is 7.01. The molecule has 0 aliphatic carbocycles. The van der Waals surface area contributed by atoms with Crippen LogP contribution in [0.4, 0.5) is 0 Å². The van der Waals surface area contributed by atoms with Gasteiger partial charge in [0.25, 0.3) is 0 Å². The molecule has 0 unspecified atom stereocenters. The molecule has 0 fully saturated rings. The van der Waals surface area contributed by atoms with Gasteiger partial charge in [-0.25, -0.2) is 0 Å². The maximum absolute atomic E-state index is 5.30. The molecule has 0 atom stereocenters. The first-order valence-electron chi connectivity index (χ1n) is 9.83. The molecule has 0 saturated heterocycles. The standard InChI is InChI=1S/C28H24O/c1-29-27-19-17-23(18-20-27)21-22-28(24-11-5-2-6-12-24,25-13-7-3-8-14-25)26-15-9-4-10-16-26/h2-22H,1H3. The second-order valence-corrected chi connectivity index (χ2v) is 7.01. The topological polar surface area (TPSA) is 9.23 Å². The van der Waals surface area contributed by atoms with E-state index >= 15 is 0 Å². The Kier molecular flexibility index (Phi) is 5.58. The summed E-state index contributed by atoms with van der Waals surface area (Å²) in [5.74, 6) is 0.864. The molecule has 29 heavy (non-hydrogen) atoms. The van der Waals surface area contributed by atoms with Gasteiger partial charge in [0, 0.05) is 0 Å². The average Bonchev–Trinajstić information content (AvgIpc) is 2.82. The van der Waals surface area contributed by atoms with Gasteiger partial charge in [-0.2, -0.15) is 0 Å². The third-order valence-electron chi connectivity index (χ3n) is 5.33. The molecule has 0 saturated carbocycles. The highest BCUT2D eigenvalue weighted by Gasteiger charge is 2.33. The Morgan fingerprint density at radius 1 is 0.552 bits per heavy atom. The zero-order valence-corrected chi connectivity index (χ0v) is 16.5. The van der Waals surface area contributed by atoms with E-state index in [-0.39, 0.29) is 5.41 Å². The summed E-state index contributed by atoms with van der Waals surface area (Å²) in [5, 5.41) is 0. The molecular weight excluding hydrogens is 352 g/mol. The lowest BCUT2D eigenvalue weighted by atomic mass is 9.69. The Balaban J connectivity index is 1.93. The van der Waals surface area contributed by atoms with E-state index in [2.05, 4.69) is 115 Å². The summed E-state index contributed by atoms with van der Waals surface area (Å²) in [6.07, 6.45) is 4.52. The number of methoxy groups -OCH3 is 1. The van der Waals surface area contributed by atoms with Crippen LogP contribution in [0.15, 0.2) is 121 Å². The van der Waals surface area contributed by atoms with E-state index in [4.69, 9.17) is 4.74 Å². The van der Waals surface area contributed by atoms with Crippen molar-refractivity contribution < 1.29 is 4.74 Å². The molecule has 0 amide bonds. The van der Waals surface area contributed by atoms with Gasteiger partial charge in [-0.1, -0.05) is 115 Å². The summed E-state index contributed by atoms with van der Waals surface area (Å²) in [6.45, 7) is 0. The summed E-state index contributed by atoms with van der Waals surface area (Å²) < 4.78 is 5.30.